The van der Waals surface area contributed by atoms with Gasteiger partial charge in [-0.15, -0.1) is 0 Å². The minimum atomic E-state index is 1.10. The molecule has 8 unspecified atom stereocenters. The lowest BCUT2D eigenvalue weighted by Crippen LogP contribution is -1.95. The second-order valence-electron chi connectivity index (χ2n) is 7.90. The van der Waals surface area contributed by atoms with Crippen LogP contribution in [0.4, 0.5) is 0 Å². The quantitative estimate of drug-likeness (QED) is 0.667. The molecule has 88 valence electrons. The summed E-state index contributed by atoms with van der Waals surface area (Å²) in [5.74, 6) is 10.9. The van der Waals surface area contributed by atoms with Crippen LogP contribution in [0.25, 0.3) is 0 Å². The van der Waals surface area contributed by atoms with Gasteiger partial charge in [-0.05, 0) is 91.8 Å². The average Bonchev–Trinajstić information content (AvgIpc) is 3.02. The first-order chi connectivity index (χ1) is 7.83. The van der Waals surface area contributed by atoms with Crippen molar-refractivity contribution in [3.63, 3.8) is 0 Å². The molecule has 0 bridgehead atoms. The van der Waals surface area contributed by atoms with Crippen molar-refractivity contribution in [3.8, 4) is 0 Å². The Balaban J connectivity index is 1.16. The van der Waals surface area contributed by atoms with Gasteiger partial charge in [0.1, 0.15) is 0 Å². The average molecular weight is 216 g/mol. The molecule has 0 amide bonds. The first kappa shape index (κ1) is 9.00. The number of hydrogen-bond donors (Lipinski definition) is 0. The van der Waals surface area contributed by atoms with Crippen LogP contribution >= 0.6 is 0 Å². The third-order valence-electron chi connectivity index (χ3n) is 6.72. The van der Waals surface area contributed by atoms with Crippen LogP contribution in [0.15, 0.2) is 0 Å². The summed E-state index contributed by atoms with van der Waals surface area (Å²) in [5.41, 5.74) is 0. The summed E-state index contributed by atoms with van der Waals surface area (Å²) in [6.07, 6.45) is 9.68. The first-order valence-corrected chi connectivity index (χ1v) is 7.83. The van der Waals surface area contributed by atoms with Gasteiger partial charge < -0.3 is 0 Å². The first-order valence-electron chi connectivity index (χ1n) is 7.83. The molecule has 0 aliphatic heterocycles. The molecule has 5 aliphatic carbocycles. The van der Waals surface area contributed by atoms with E-state index in [0.717, 1.165) is 5.92 Å². The summed E-state index contributed by atoms with van der Waals surface area (Å²) in [6, 6.07) is 0. The van der Waals surface area contributed by atoms with E-state index >= 15 is 0 Å². The van der Waals surface area contributed by atoms with Gasteiger partial charge in [0.25, 0.3) is 0 Å². The van der Waals surface area contributed by atoms with Crippen LogP contribution in [-0.4, -0.2) is 0 Å². The molecule has 0 aromatic carbocycles. The van der Waals surface area contributed by atoms with Crippen LogP contribution in [0.2, 0.25) is 0 Å². The minimum Gasteiger partial charge on any atom is -0.0622 e. The summed E-state index contributed by atoms with van der Waals surface area (Å²) in [4.78, 5) is 0. The second-order valence-corrected chi connectivity index (χ2v) is 7.90. The topological polar surface area (TPSA) is 0 Å². The Hall–Kier alpha value is 0. The zero-order valence-corrected chi connectivity index (χ0v) is 10.4. The smallest absolute Gasteiger partial charge is 0.0349 e. The maximum absolute atomic E-state index is 2.47. The van der Waals surface area contributed by atoms with Crippen molar-refractivity contribution in [1.82, 2.24) is 0 Å². The summed E-state index contributed by atoms with van der Waals surface area (Å²) >= 11 is 0. The van der Waals surface area contributed by atoms with Crippen molar-refractivity contribution in [2.45, 2.75) is 45.4 Å². The van der Waals surface area contributed by atoms with E-state index in [1.54, 1.807) is 38.5 Å². The Morgan fingerprint density at radius 1 is 0.562 bits per heavy atom. The molecule has 5 rings (SSSR count). The van der Waals surface area contributed by atoms with Gasteiger partial charge >= 0.3 is 0 Å². The van der Waals surface area contributed by atoms with E-state index in [-0.39, 0.29) is 0 Å². The molecular formula is C16H24. The van der Waals surface area contributed by atoms with Crippen LogP contribution in [0.3, 0.4) is 0 Å². The zero-order valence-electron chi connectivity index (χ0n) is 10.4. The molecule has 0 spiro atoms. The fourth-order valence-electron chi connectivity index (χ4n) is 5.18. The van der Waals surface area contributed by atoms with Gasteiger partial charge in [0, 0.05) is 0 Å². The lowest BCUT2D eigenvalue weighted by atomic mass is 10.1. The molecule has 16 heavy (non-hydrogen) atoms. The lowest BCUT2D eigenvalue weighted by molar-refractivity contribution is 0.486. The van der Waals surface area contributed by atoms with Gasteiger partial charge in [-0.25, -0.2) is 0 Å². The maximum atomic E-state index is 2.47. The zero-order chi connectivity index (χ0) is 10.4. The predicted molar refractivity (Wildman–Crippen MR) is 64.8 cm³/mol. The third kappa shape index (κ3) is 1.28. The highest BCUT2D eigenvalue weighted by molar-refractivity contribution is 5.13. The van der Waals surface area contributed by atoms with Crippen molar-refractivity contribution < 1.29 is 0 Å². The Bertz CT molecular complexity index is 329. The Morgan fingerprint density at radius 3 is 1.50 bits per heavy atom. The van der Waals surface area contributed by atoms with Crippen molar-refractivity contribution in [2.75, 3.05) is 0 Å². The predicted octanol–water partition coefficient (Wildman–Crippen LogP) is 3.96. The molecular weight excluding hydrogens is 192 g/mol. The fourth-order valence-corrected chi connectivity index (χ4v) is 5.18. The summed E-state index contributed by atoms with van der Waals surface area (Å²) < 4.78 is 0. The number of rotatable bonds is 4. The van der Waals surface area contributed by atoms with Crippen LogP contribution in [-0.2, 0) is 0 Å². The third-order valence-corrected chi connectivity index (χ3v) is 6.72. The fraction of sp³-hybridized carbons (Fsp3) is 1.00. The standard InChI is InChI=1S/C16H24/c1-8-4-10(8)12-6-14(12)16-7-15(16)13-5-11(13)9-2-3-9/h8-16H,2-7H2,1H3. The SMILES string of the molecule is CC1CC1C1CC1C1CC1C1CC1C1CC1. The second kappa shape index (κ2) is 2.70. The van der Waals surface area contributed by atoms with Crippen molar-refractivity contribution in [3.05, 3.63) is 0 Å². The molecule has 0 aromatic rings. The molecule has 0 heterocycles. The maximum Gasteiger partial charge on any atom is -0.0349 e. The summed E-state index contributed by atoms with van der Waals surface area (Å²) in [6.45, 7) is 2.47. The van der Waals surface area contributed by atoms with Crippen LogP contribution < -0.4 is 0 Å². The molecule has 0 radical (unpaired) electrons. The van der Waals surface area contributed by atoms with Crippen LogP contribution in [0, 0.1) is 53.3 Å². The van der Waals surface area contributed by atoms with Gasteiger partial charge in [0.05, 0.1) is 0 Å². The summed E-state index contributed by atoms with van der Waals surface area (Å²) in [5, 5.41) is 0. The molecule has 5 fully saturated rings. The van der Waals surface area contributed by atoms with E-state index in [4.69, 9.17) is 0 Å². The molecule has 5 saturated carbocycles. The molecule has 5 aliphatic rings. The Kier molecular flexibility index (Phi) is 1.52. The van der Waals surface area contributed by atoms with Crippen LogP contribution in [0.5, 0.6) is 0 Å². The number of hydrogen-bond acceptors (Lipinski definition) is 0. The highest BCUT2D eigenvalue weighted by atomic mass is 14.7. The largest absolute Gasteiger partial charge is 0.0622 e. The van der Waals surface area contributed by atoms with Gasteiger partial charge in [0.2, 0.25) is 0 Å². The van der Waals surface area contributed by atoms with E-state index in [0.29, 0.717) is 0 Å². The van der Waals surface area contributed by atoms with Crippen LogP contribution in [0.1, 0.15) is 45.4 Å². The highest BCUT2D eigenvalue weighted by Crippen LogP contribution is 2.71. The van der Waals surface area contributed by atoms with Gasteiger partial charge in [-0.3, -0.25) is 0 Å². The normalized spacial score (nSPS) is 66.6. The summed E-state index contributed by atoms with van der Waals surface area (Å²) in [7, 11) is 0. The van der Waals surface area contributed by atoms with E-state index in [9.17, 15) is 0 Å². The lowest BCUT2D eigenvalue weighted by Gasteiger charge is -1.98. The molecule has 0 N–H and O–H groups in total. The molecule has 8 atom stereocenters. The Labute approximate surface area is 99.2 Å². The molecule has 0 aromatic heterocycles. The van der Waals surface area contributed by atoms with E-state index < -0.39 is 0 Å². The van der Waals surface area contributed by atoms with Gasteiger partial charge in [-0.1, -0.05) is 6.92 Å². The van der Waals surface area contributed by atoms with Gasteiger partial charge in [0.15, 0.2) is 0 Å². The van der Waals surface area contributed by atoms with Crippen molar-refractivity contribution in [2.24, 2.45) is 53.3 Å². The van der Waals surface area contributed by atoms with Crippen molar-refractivity contribution in [1.29, 1.82) is 0 Å². The highest BCUT2D eigenvalue weighted by Gasteiger charge is 2.64. The van der Waals surface area contributed by atoms with Crippen molar-refractivity contribution >= 4 is 0 Å². The van der Waals surface area contributed by atoms with E-state index in [2.05, 4.69) is 6.92 Å². The Morgan fingerprint density at radius 2 is 1.00 bits per heavy atom. The van der Waals surface area contributed by atoms with Gasteiger partial charge in [-0.2, -0.15) is 0 Å². The molecule has 0 nitrogen and oxygen atoms in total. The molecule has 0 heteroatoms. The molecule has 0 saturated heterocycles. The monoisotopic (exact) mass is 216 g/mol. The van der Waals surface area contributed by atoms with E-state index in [1.807, 2.05) is 0 Å². The van der Waals surface area contributed by atoms with E-state index in [1.165, 1.54) is 47.3 Å². The minimum absolute atomic E-state index is 1.10.